The number of aromatic nitrogens is 1. The molecule has 0 aliphatic carbocycles. The Balaban J connectivity index is 1.84. The van der Waals surface area contributed by atoms with Crippen LogP contribution in [-0.4, -0.2) is 28.6 Å². The van der Waals surface area contributed by atoms with E-state index in [1.165, 1.54) is 12.3 Å². The van der Waals surface area contributed by atoms with E-state index in [-0.39, 0.29) is 17.1 Å². The Hall–Kier alpha value is -4.89. The van der Waals surface area contributed by atoms with Gasteiger partial charge in [-0.1, -0.05) is 39.0 Å². The van der Waals surface area contributed by atoms with Crippen LogP contribution in [0.3, 0.4) is 0 Å². The second kappa shape index (κ2) is 11.7. The smallest absolute Gasteiger partial charge is 0.234 e. The number of hydrogen-bond acceptors (Lipinski definition) is 6. The lowest BCUT2D eigenvalue weighted by molar-refractivity contribution is -0.107. The van der Waals surface area contributed by atoms with Crippen LogP contribution in [0, 0.1) is 18.2 Å². The maximum absolute atomic E-state index is 14.7. The molecule has 0 radical (unpaired) electrons. The third-order valence-corrected chi connectivity index (χ3v) is 6.95. The summed E-state index contributed by atoms with van der Waals surface area (Å²) in [6.07, 6.45) is 3.60. The van der Waals surface area contributed by atoms with E-state index in [2.05, 4.69) is 10.1 Å². The molecule has 0 spiro atoms. The Morgan fingerprint density at radius 2 is 1.88 bits per heavy atom. The minimum atomic E-state index is -0.419. The number of anilines is 2. The van der Waals surface area contributed by atoms with Gasteiger partial charge in [-0.05, 0) is 77.1 Å². The number of nitrogens with one attached hydrogen (secondary N) is 1. The molecule has 0 aliphatic rings. The van der Waals surface area contributed by atoms with Gasteiger partial charge in [0.05, 0.1) is 29.9 Å². The van der Waals surface area contributed by atoms with Gasteiger partial charge < -0.3 is 16.6 Å². The molecular formula is C32H33FN6O2. The molecule has 1 aromatic heterocycles. The average Bonchev–Trinajstić information content (AvgIpc) is 2.95. The van der Waals surface area contributed by atoms with E-state index in [1.807, 2.05) is 32.9 Å². The molecule has 1 heterocycles. The molecule has 3 aromatic carbocycles. The van der Waals surface area contributed by atoms with Crippen LogP contribution >= 0.6 is 0 Å². The zero-order valence-corrected chi connectivity index (χ0v) is 23.4. The number of nitrogens with two attached hydrogens (primary N) is 2. The highest BCUT2D eigenvalue weighted by molar-refractivity contribution is 6.05. The Kier molecular flexibility index (Phi) is 8.30. The van der Waals surface area contributed by atoms with Crippen LogP contribution in [0.5, 0.6) is 0 Å². The minimum Gasteiger partial charge on any atom is -0.398 e. The molecule has 0 bridgehead atoms. The number of aliphatic hydroxyl groups excluding tert-OH is 1. The van der Waals surface area contributed by atoms with Crippen molar-refractivity contribution >= 4 is 29.8 Å². The van der Waals surface area contributed by atoms with Crippen LogP contribution < -0.4 is 16.5 Å². The van der Waals surface area contributed by atoms with Crippen LogP contribution in [0.1, 0.15) is 48.6 Å². The molecule has 41 heavy (non-hydrogen) atoms. The van der Waals surface area contributed by atoms with Gasteiger partial charge in [0.25, 0.3) is 0 Å². The molecule has 210 valence electrons. The highest BCUT2D eigenvalue weighted by Gasteiger charge is 2.20. The molecule has 0 saturated heterocycles. The van der Waals surface area contributed by atoms with Crippen molar-refractivity contribution in [1.82, 2.24) is 4.98 Å². The van der Waals surface area contributed by atoms with Gasteiger partial charge in [0.1, 0.15) is 11.7 Å². The number of pyridine rings is 1. The first-order valence-electron chi connectivity index (χ1n) is 13.0. The number of carbonyl (C=O) groups is 1. The predicted molar refractivity (Wildman–Crippen MR) is 162 cm³/mol. The monoisotopic (exact) mass is 552 g/mol. The number of carbonyl (C=O) groups excluding carboxylic acids is 1. The fourth-order valence-corrected chi connectivity index (χ4v) is 4.53. The maximum Gasteiger partial charge on any atom is 0.234 e. The minimum absolute atomic E-state index is 0.220. The fraction of sp³-hybridized carbons (Fsp3) is 0.188. The van der Waals surface area contributed by atoms with Crippen LogP contribution in [0.25, 0.3) is 22.4 Å². The molecule has 8 nitrogen and oxygen atoms in total. The molecule has 0 fully saturated rings. The number of hydrazone groups is 1. The van der Waals surface area contributed by atoms with Crippen LogP contribution in [0.4, 0.5) is 15.8 Å². The number of amidine groups is 1. The van der Waals surface area contributed by atoms with Gasteiger partial charge in [-0.3, -0.25) is 15.2 Å². The topological polar surface area (TPSA) is 142 Å². The summed E-state index contributed by atoms with van der Waals surface area (Å²) < 4.78 is 14.7. The lowest BCUT2D eigenvalue weighted by atomic mass is 9.85. The van der Waals surface area contributed by atoms with Gasteiger partial charge in [0.15, 0.2) is 0 Å². The zero-order valence-electron chi connectivity index (χ0n) is 23.4. The number of amides is 1. The molecule has 0 saturated carbocycles. The van der Waals surface area contributed by atoms with Gasteiger partial charge in [-0.15, -0.1) is 0 Å². The number of halogens is 1. The summed E-state index contributed by atoms with van der Waals surface area (Å²) in [5.74, 6) is -0.578. The van der Waals surface area contributed by atoms with Crippen LogP contribution in [0.2, 0.25) is 0 Å². The number of rotatable bonds is 8. The van der Waals surface area contributed by atoms with Crippen molar-refractivity contribution in [3.05, 3.63) is 100 Å². The largest absolute Gasteiger partial charge is 0.398 e. The Morgan fingerprint density at radius 1 is 1.12 bits per heavy atom. The summed E-state index contributed by atoms with van der Waals surface area (Å²) in [4.78, 5) is 16.6. The van der Waals surface area contributed by atoms with Crippen molar-refractivity contribution < 1.29 is 14.3 Å². The van der Waals surface area contributed by atoms with Gasteiger partial charge in [-0.2, -0.15) is 5.10 Å². The van der Waals surface area contributed by atoms with Crippen LogP contribution in [0.15, 0.2) is 72.0 Å². The quantitative estimate of drug-likeness (QED) is 0.0749. The first-order valence-corrected chi connectivity index (χ1v) is 13.0. The van der Waals surface area contributed by atoms with E-state index in [1.54, 1.807) is 55.6 Å². The van der Waals surface area contributed by atoms with Crippen molar-refractivity contribution in [2.24, 2.45) is 10.8 Å². The summed E-state index contributed by atoms with van der Waals surface area (Å²) in [6.45, 7) is 7.20. The maximum atomic E-state index is 14.7. The van der Waals surface area contributed by atoms with E-state index in [0.717, 1.165) is 10.6 Å². The molecule has 0 unspecified atom stereocenters. The third-order valence-electron chi connectivity index (χ3n) is 6.95. The Morgan fingerprint density at radius 3 is 2.49 bits per heavy atom. The summed E-state index contributed by atoms with van der Waals surface area (Å²) in [6, 6.07) is 17.4. The predicted octanol–water partition coefficient (Wildman–Crippen LogP) is 5.52. The Labute approximate surface area is 238 Å². The van der Waals surface area contributed by atoms with Crippen LogP contribution in [-0.2, 0) is 16.8 Å². The van der Waals surface area contributed by atoms with E-state index in [9.17, 15) is 14.3 Å². The summed E-state index contributed by atoms with van der Waals surface area (Å²) >= 11 is 0. The summed E-state index contributed by atoms with van der Waals surface area (Å²) in [5, 5.41) is 24.0. The average molecular weight is 553 g/mol. The summed E-state index contributed by atoms with van der Waals surface area (Å²) in [5.41, 5.74) is 17.4. The molecular weight excluding hydrogens is 519 g/mol. The standard InChI is InChI=1S/C32H33FN6O2/c1-19-21(12-22(15-27(19)33)32(2,3)4)16-38-39(18-41)29-10-7-8-23(26(29)17-40)20-13-24(28-9-5-6-11-37-28)30(34)25(14-20)31(35)36/h5-16,18,40H,17,34H2,1-4H3,(H3,35,36)/b38-16-. The van der Waals surface area contributed by atoms with Gasteiger partial charge >= 0.3 is 0 Å². The van der Waals surface area contributed by atoms with Crippen molar-refractivity contribution in [2.45, 2.75) is 39.7 Å². The molecule has 0 atom stereocenters. The van der Waals surface area contributed by atoms with Crippen molar-refractivity contribution in [3.63, 3.8) is 0 Å². The van der Waals surface area contributed by atoms with Gasteiger partial charge in [0, 0.05) is 28.5 Å². The second-order valence-electron chi connectivity index (χ2n) is 10.7. The fourth-order valence-electron chi connectivity index (χ4n) is 4.53. The first kappa shape index (κ1) is 29.1. The number of benzene rings is 3. The van der Waals surface area contributed by atoms with Crippen molar-refractivity contribution in [1.29, 1.82) is 5.41 Å². The normalized spacial score (nSPS) is 11.6. The highest BCUT2D eigenvalue weighted by Crippen LogP contribution is 2.37. The molecule has 4 rings (SSSR count). The van der Waals surface area contributed by atoms with Crippen molar-refractivity contribution in [3.8, 4) is 22.4 Å². The van der Waals surface area contributed by atoms with Gasteiger partial charge in [-0.25, -0.2) is 9.40 Å². The number of hydrogen-bond donors (Lipinski definition) is 4. The molecule has 6 N–H and O–H groups in total. The van der Waals surface area contributed by atoms with E-state index < -0.39 is 6.61 Å². The summed E-state index contributed by atoms with van der Waals surface area (Å²) in [7, 11) is 0. The van der Waals surface area contributed by atoms with E-state index in [0.29, 0.717) is 62.4 Å². The number of nitrogens with zero attached hydrogens (tertiary/aromatic N) is 3. The SMILES string of the molecule is Cc1c(F)cc(C(C)(C)C)cc1/C=N\N(C=O)c1cccc(-c2cc(C(=N)N)c(N)c(-c3ccccn3)c2)c1CO. The Bertz CT molecular complexity index is 1640. The molecule has 0 aliphatic heterocycles. The van der Waals surface area contributed by atoms with Gasteiger partial charge in [0.2, 0.25) is 6.41 Å². The lowest BCUT2D eigenvalue weighted by Gasteiger charge is -2.21. The second-order valence-corrected chi connectivity index (χ2v) is 10.7. The molecule has 4 aromatic rings. The number of nitrogen functional groups attached to an aromatic ring is 2. The zero-order chi connectivity index (χ0) is 29.9. The third kappa shape index (κ3) is 6.00. The van der Waals surface area contributed by atoms with E-state index >= 15 is 0 Å². The first-order chi connectivity index (χ1) is 19.5. The lowest BCUT2D eigenvalue weighted by Crippen LogP contribution is -2.17. The van der Waals surface area contributed by atoms with Crippen molar-refractivity contribution in [2.75, 3.05) is 10.7 Å². The highest BCUT2D eigenvalue weighted by atomic mass is 19.1. The molecule has 1 amide bonds. The molecule has 9 heteroatoms. The van der Waals surface area contributed by atoms with E-state index in [4.69, 9.17) is 16.9 Å². The number of aliphatic hydroxyl groups is 1.